The molecule has 1 unspecified atom stereocenters. The van der Waals surface area contributed by atoms with E-state index >= 15 is 0 Å². The lowest BCUT2D eigenvalue weighted by Crippen LogP contribution is -2.06. The fourth-order valence-electron chi connectivity index (χ4n) is 1.57. The number of ether oxygens (including phenoxy) is 1. The van der Waals surface area contributed by atoms with E-state index in [2.05, 4.69) is 6.92 Å². The minimum Gasteiger partial charge on any atom is -0.501 e. The molecule has 1 aromatic carbocycles. The zero-order valence-electron chi connectivity index (χ0n) is 10.5. The summed E-state index contributed by atoms with van der Waals surface area (Å²) in [4.78, 5) is 0. The van der Waals surface area contributed by atoms with E-state index in [-0.39, 0.29) is 0 Å². The van der Waals surface area contributed by atoms with Crippen LogP contribution < -0.4 is 0 Å². The Morgan fingerprint density at radius 2 is 2.00 bits per heavy atom. The number of benzene rings is 1. The van der Waals surface area contributed by atoms with Crippen LogP contribution in [0.25, 0.3) is 0 Å². The van der Waals surface area contributed by atoms with E-state index in [0.717, 1.165) is 18.6 Å². The quantitative estimate of drug-likeness (QED) is 0.552. The number of aliphatic hydroxyl groups excluding tert-OH is 1. The Bertz CT molecular complexity index is 306. The molecule has 1 aromatic rings. The summed E-state index contributed by atoms with van der Waals surface area (Å²) >= 11 is 0. The molecule has 1 rings (SSSR count). The van der Waals surface area contributed by atoms with Gasteiger partial charge < -0.3 is 9.84 Å². The molecule has 0 heterocycles. The van der Waals surface area contributed by atoms with Gasteiger partial charge in [0.25, 0.3) is 0 Å². The molecule has 0 aliphatic heterocycles. The van der Waals surface area contributed by atoms with Crippen LogP contribution in [0.15, 0.2) is 42.7 Å². The molecular weight excluding hydrogens is 212 g/mol. The van der Waals surface area contributed by atoms with Crippen LogP contribution in [0.5, 0.6) is 0 Å². The third kappa shape index (κ3) is 6.80. The maximum Gasteiger partial charge on any atom is 0.0873 e. The standard InChI is InChI=1S/C15H22O2/c1-2-3-7-11-17-12-10-15(16)13-14-8-5-4-6-9-14/h4-6,8-10,12,15-16H,2-3,7,11,13H2,1H3/b12-10+. The lowest BCUT2D eigenvalue weighted by atomic mass is 10.1. The number of hydrogen-bond acceptors (Lipinski definition) is 2. The van der Waals surface area contributed by atoms with Gasteiger partial charge in [0.1, 0.15) is 0 Å². The molecule has 2 nitrogen and oxygen atoms in total. The Kier molecular flexibility index (Phi) is 7.15. The third-order valence-corrected chi connectivity index (χ3v) is 2.55. The van der Waals surface area contributed by atoms with Gasteiger partial charge in [0.05, 0.1) is 19.0 Å². The highest BCUT2D eigenvalue weighted by atomic mass is 16.5. The highest BCUT2D eigenvalue weighted by Crippen LogP contribution is 2.04. The average Bonchev–Trinajstić information content (AvgIpc) is 2.35. The van der Waals surface area contributed by atoms with Crippen LogP contribution in [0.2, 0.25) is 0 Å². The summed E-state index contributed by atoms with van der Waals surface area (Å²) in [5.74, 6) is 0. The number of aliphatic hydroxyl groups is 1. The van der Waals surface area contributed by atoms with Crippen molar-refractivity contribution in [3.05, 3.63) is 48.2 Å². The highest BCUT2D eigenvalue weighted by molar-refractivity contribution is 5.16. The van der Waals surface area contributed by atoms with Crippen LogP contribution in [0, 0.1) is 0 Å². The van der Waals surface area contributed by atoms with Gasteiger partial charge >= 0.3 is 0 Å². The van der Waals surface area contributed by atoms with E-state index in [1.54, 1.807) is 12.3 Å². The second-order valence-corrected chi connectivity index (χ2v) is 4.16. The van der Waals surface area contributed by atoms with Gasteiger partial charge in [-0.15, -0.1) is 0 Å². The molecule has 1 atom stereocenters. The first kappa shape index (κ1) is 13.8. The number of hydrogen-bond donors (Lipinski definition) is 1. The van der Waals surface area contributed by atoms with Crippen molar-refractivity contribution < 1.29 is 9.84 Å². The number of rotatable bonds is 8. The van der Waals surface area contributed by atoms with Gasteiger partial charge in [-0.1, -0.05) is 50.1 Å². The Morgan fingerprint density at radius 3 is 2.71 bits per heavy atom. The minimum absolute atomic E-state index is 0.469. The molecular formula is C15H22O2. The molecule has 0 saturated carbocycles. The molecule has 17 heavy (non-hydrogen) atoms. The largest absolute Gasteiger partial charge is 0.501 e. The smallest absolute Gasteiger partial charge is 0.0873 e. The molecule has 1 N–H and O–H groups in total. The molecule has 0 fully saturated rings. The first-order chi connectivity index (χ1) is 8.33. The summed E-state index contributed by atoms with van der Waals surface area (Å²) in [6.07, 6.45) is 6.96. The van der Waals surface area contributed by atoms with Gasteiger partial charge in [-0.25, -0.2) is 0 Å². The van der Waals surface area contributed by atoms with Crippen molar-refractivity contribution in [2.75, 3.05) is 6.61 Å². The van der Waals surface area contributed by atoms with Gasteiger partial charge in [0.2, 0.25) is 0 Å². The van der Waals surface area contributed by atoms with Crippen molar-refractivity contribution in [3.8, 4) is 0 Å². The van der Waals surface area contributed by atoms with Crippen molar-refractivity contribution in [3.63, 3.8) is 0 Å². The molecule has 2 heteroatoms. The van der Waals surface area contributed by atoms with Gasteiger partial charge in [-0.2, -0.15) is 0 Å². The third-order valence-electron chi connectivity index (χ3n) is 2.55. The van der Waals surface area contributed by atoms with Crippen LogP contribution in [-0.2, 0) is 11.2 Å². The van der Waals surface area contributed by atoms with Crippen LogP contribution in [-0.4, -0.2) is 17.8 Å². The molecule has 0 aliphatic rings. The fourth-order valence-corrected chi connectivity index (χ4v) is 1.57. The maximum atomic E-state index is 9.74. The van der Waals surface area contributed by atoms with Crippen LogP contribution in [0.4, 0.5) is 0 Å². The van der Waals surface area contributed by atoms with Crippen LogP contribution >= 0.6 is 0 Å². The predicted octanol–water partition coefficient (Wildman–Crippen LogP) is 3.31. The normalized spacial score (nSPS) is 12.8. The summed E-state index contributed by atoms with van der Waals surface area (Å²) in [5.41, 5.74) is 1.13. The van der Waals surface area contributed by atoms with E-state index in [9.17, 15) is 5.11 Å². The Labute approximate surface area is 104 Å². The van der Waals surface area contributed by atoms with Crippen molar-refractivity contribution >= 4 is 0 Å². The monoisotopic (exact) mass is 234 g/mol. The van der Waals surface area contributed by atoms with Gasteiger partial charge in [-0.05, 0) is 18.1 Å². The summed E-state index contributed by atoms with van der Waals surface area (Å²) in [6, 6.07) is 9.96. The average molecular weight is 234 g/mol. The van der Waals surface area contributed by atoms with E-state index in [1.807, 2.05) is 30.3 Å². The minimum atomic E-state index is -0.469. The van der Waals surface area contributed by atoms with E-state index in [1.165, 1.54) is 12.8 Å². The Hall–Kier alpha value is -1.28. The summed E-state index contributed by atoms with van der Waals surface area (Å²) < 4.78 is 5.30. The van der Waals surface area contributed by atoms with Crippen molar-refractivity contribution in [2.24, 2.45) is 0 Å². The second-order valence-electron chi connectivity index (χ2n) is 4.16. The molecule has 0 bridgehead atoms. The van der Waals surface area contributed by atoms with E-state index in [0.29, 0.717) is 6.42 Å². The van der Waals surface area contributed by atoms with Crippen molar-refractivity contribution in [1.82, 2.24) is 0 Å². The predicted molar refractivity (Wildman–Crippen MR) is 70.8 cm³/mol. The van der Waals surface area contributed by atoms with E-state index < -0.39 is 6.10 Å². The summed E-state index contributed by atoms with van der Waals surface area (Å²) in [7, 11) is 0. The second kappa shape index (κ2) is 8.82. The molecule has 0 saturated heterocycles. The maximum absolute atomic E-state index is 9.74. The lowest BCUT2D eigenvalue weighted by Gasteiger charge is -2.05. The zero-order chi connectivity index (χ0) is 12.3. The van der Waals surface area contributed by atoms with Crippen molar-refractivity contribution in [1.29, 1.82) is 0 Å². The Balaban J connectivity index is 2.16. The van der Waals surface area contributed by atoms with E-state index in [4.69, 9.17) is 4.74 Å². The first-order valence-electron chi connectivity index (χ1n) is 6.33. The topological polar surface area (TPSA) is 29.5 Å². The number of unbranched alkanes of at least 4 members (excludes halogenated alkanes) is 2. The molecule has 0 aliphatic carbocycles. The van der Waals surface area contributed by atoms with Gasteiger partial charge in [-0.3, -0.25) is 0 Å². The van der Waals surface area contributed by atoms with Crippen molar-refractivity contribution in [2.45, 2.75) is 38.7 Å². The summed E-state index contributed by atoms with van der Waals surface area (Å²) in [5, 5.41) is 9.74. The molecule has 94 valence electrons. The van der Waals surface area contributed by atoms with Crippen LogP contribution in [0.1, 0.15) is 31.7 Å². The zero-order valence-corrected chi connectivity index (χ0v) is 10.5. The molecule has 0 spiro atoms. The molecule has 0 radical (unpaired) electrons. The Morgan fingerprint density at radius 1 is 1.24 bits per heavy atom. The SMILES string of the molecule is CCCCCO/C=C/C(O)Cc1ccccc1. The molecule has 0 aromatic heterocycles. The van der Waals surface area contributed by atoms with Gasteiger partial charge in [0.15, 0.2) is 0 Å². The highest BCUT2D eigenvalue weighted by Gasteiger charge is 2.00. The summed E-state index contributed by atoms with van der Waals surface area (Å²) in [6.45, 7) is 2.90. The van der Waals surface area contributed by atoms with Crippen LogP contribution in [0.3, 0.4) is 0 Å². The molecule has 0 amide bonds. The lowest BCUT2D eigenvalue weighted by molar-refractivity contribution is 0.205. The fraction of sp³-hybridized carbons (Fsp3) is 0.467. The first-order valence-corrected chi connectivity index (χ1v) is 6.33. The van der Waals surface area contributed by atoms with Gasteiger partial charge in [0, 0.05) is 6.42 Å².